The molecular weight excluding hydrogens is 266 g/mol. The van der Waals surface area contributed by atoms with Gasteiger partial charge in [0.05, 0.1) is 12.7 Å². The zero-order chi connectivity index (χ0) is 14.7. The maximum Gasteiger partial charge on any atom is 0.171 e. The smallest absolute Gasteiger partial charge is 0.171 e. The van der Waals surface area contributed by atoms with E-state index in [9.17, 15) is 0 Å². The van der Waals surface area contributed by atoms with Gasteiger partial charge in [-0.05, 0) is 37.8 Å². The minimum absolute atomic E-state index is 0.278. The molecule has 0 bridgehead atoms. The fraction of sp³-hybridized carbons (Fsp3) is 0.733. The molecule has 2 fully saturated rings. The molecular formula is C15H25N5O. The second-order valence-corrected chi connectivity index (χ2v) is 6.39. The van der Waals surface area contributed by atoms with E-state index in [1.54, 1.807) is 12.4 Å². The van der Waals surface area contributed by atoms with Crippen LogP contribution in [-0.4, -0.2) is 56.4 Å². The van der Waals surface area contributed by atoms with E-state index in [0.29, 0.717) is 5.41 Å². The van der Waals surface area contributed by atoms with E-state index in [1.165, 1.54) is 12.8 Å². The van der Waals surface area contributed by atoms with Crippen LogP contribution in [0.15, 0.2) is 12.4 Å². The molecule has 1 spiro atoms. The summed E-state index contributed by atoms with van der Waals surface area (Å²) in [4.78, 5) is 10.7. The third-order valence-electron chi connectivity index (χ3n) is 4.55. The molecule has 1 unspecified atom stereocenters. The highest BCUT2D eigenvalue weighted by molar-refractivity contribution is 5.59. The molecule has 2 saturated heterocycles. The quantitative estimate of drug-likeness (QED) is 0.866. The number of anilines is 2. The predicted molar refractivity (Wildman–Crippen MR) is 83.7 cm³/mol. The monoisotopic (exact) mass is 291 g/mol. The molecule has 0 amide bonds. The van der Waals surface area contributed by atoms with Crippen LogP contribution in [0.2, 0.25) is 0 Å². The molecule has 21 heavy (non-hydrogen) atoms. The number of rotatable bonds is 4. The fourth-order valence-corrected chi connectivity index (χ4v) is 3.33. The Morgan fingerprint density at radius 1 is 1.33 bits per heavy atom. The molecule has 2 N–H and O–H groups in total. The van der Waals surface area contributed by atoms with Crippen LogP contribution in [-0.2, 0) is 4.74 Å². The molecule has 6 nitrogen and oxygen atoms in total. The summed E-state index contributed by atoms with van der Waals surface area (Å²) in [5.41, 5.74) is 0.407. The van der Waals surface area contributed by atoms with Crippen LogP contribution in [0.1, 0.15) is 19.3 Å². The van der Waals surface area contributed by atoms with Crippen molar-refractivity contribution in [2.75, 3.05) is 50.6 Å². The molecule has 0 saturated carbocycles. The first-order chi connectivity index (χ1) is 10.2. The maximum atomic E-state index is 6.02. The summed E-state index contributed by atoms with van der Waals surface area (Å²) in [5, 5.41) is 6.84. The second-order valence-electron chi connectivity index (χ2n) is 6.39. The summed E-state index contributed by atoms with van der Waals surface area (Å²) < 4.78 is 6.02. The Labute approximate surface area is 126 Å². The molecule has 0 aromatic carbocycles. The van der Waals surface area contributed by atoms with Gasteiger partial charge in [-0.2, -0.15) is 0 Å². The van der Waals surface area contributed by atoms with Gasteiger partial charge in [0.2, 0.25) is 0 Å². The van der Waals surface area contributed by atoms with Gasteiger partial charge in [-0.25, -0.2) is 9.97 Å². The summed E-state index contributed by atoms with van der Waals surface area (Å²) in [6, 6.07) is 0. The first kappa shape index (κ1) is 14.5. The largest absolute Gasteiger partial charge is 0.376 e. The lowest BCUT2D eigenvalue weighted by Crippen LogP contribution is -2.37. The van der Waals surface area contributed by atoms with E-state index in [1.807, 2.05) is 19.0 Å². The van der Waals surface area contributed by atoms with Crippen LogP contribution in [0.5, 0.6) is 0 Å². The van der Waals surface area contributed by atoms with Crippen molar-refractivity contribution < 1.29 is 4.74 Å². The summed E-state index contributed by atoms with van der Waals surface area (Å²) >= 11 is 0. The van der Waals surface area contributed by atoms with Crippen molar-refractivity contribution in [1.29, 1.82) is 0 Å². The minimum Gasteiger partial charge on any atom is -0.376 e. The number of nitrogens with one attached hydrogen (secondary N) is 2. The number of hydrogen-bond donors (Lipinski definition) is 2. The normalized spacial score (nSPS) is 24.2. The van der Waals surface area contributed by atoms with Crippen molar-refractivity contribution in [2.45, 2.75) is 25.4 Å². The number of aromatic nitrogens is 2. The summed E-state index contributed by atoms with van der Waals surface area (Å²) in [5.74, 6) is 1.70. The van der Waals surface area contributed by atoms with Crippen LogP contribution in [0.25, 0.3) is 0 Å². The molecule has 1 atom stereocenters. The molecule has 6 heteroatoms. The fourth-order valence-electron chi connectivity index (χ4n) is 3.33. The summed E-state index contributed by atoms with van der Waals surface area (Å²) in [6.07, 6.45) is 7.34. The number of ether oxygens (including phenoxy) is 1. The van der Waals surface area contributed by atoms with Crippen molar-refractivity contribution in [3.63, 3.8) is 0 Å². The molecule has 0 aliphatic carbocycles. The second kappa shape index (κ2) is 6.15. The average molecular weight is 291 g/mol. The Hall–Kier alpha value is -1.40. The molecule has 1 aromatic heterocycles. The molecule has 0 radical (unpaired) electrons. The van der Waals surface area contributed by atoms with E-state index in [2.05, 4.69) is 20.6 Å². The third kappa shape index (κ3) is 3.27. The Morgan fingerprint density at radius 2 is 2.10 bits per heavy atom. The van der Waals surface area contributed by atoms with E-state index in [0.717, 1.165) is 44.3 Å². The van der Waals surface area contributed by atoms with E-state index >= 15 is 0 Å². The van der Waals surface area contributed by atoms with E-state index in [-0.39, 0.29) is 6.10 Å². The van der Waals surface area contributed by atoms with Gasteiger partial charge in [-0.1, -0.05) is 0 Å². The lowest BCUT2D eigenvalue weighted by Gasteiger charge is -2.32. The molecule has 1 aromatic rings. The van der Waals surface area contributed by atoms with Crippen LogP contribution in [0, 0.1) is 5.41 Å². The van der Waals surface area contributed by atoms with Gasteiger partial charge in [0.1, 0.15) is 0 Å². The highest BCUT2D eigenvalue weighted by Gasteiger charge is 2.40. The molecule has 2 aliphatic rings. The zero-order valence-corrected chi connectivity index (χ0v) is 12.9. The molecule has 3 heterocycles. The maximum absolute atomic E-state index is 6.02. The molecule has 3 rings (SSSR count). The van der Waals surface area contributed by atoms with Crippen molar-refractivity contribution in [1.82, 2.24) is 15.3 Å². The van der Waals surface area contributed by atoms with E-state index in [4.69, 9.17) is 4.74 Å². The Balaban J connectivity index is 1.57. The lowest BCUT2D eigenvalue weighted by molar-refractivity contribution is 0.0924. The van der Waals surface area contributed by atoms with Crippen molar-refractivity contribution in [2.24, 2.45) is 5.41 Å². The molecule has 116 valence electrons. The van der Waals surface area contributed by atoms with Crippen LogP contribution in [0.4, 0.5) is 11.6 Å². The predicted octanol–water partition coefficient (Wildman–Crippen LogP) is 1.11. The number of nitrogens with zero attached hydrogens (tertiary/aromatic N) is 3. The van der Waals surface area contributed by atoms with Gasteiger partial charge in [-0.15, -0.1) is 0 Å². The SMILES string of the molecule is CN(C)c1nccnc1NCC1CC2(CCNCC2)CO1. The first-order valence-corrected chi connectivity index (χ1v) is 7.73. The van der Waals surface area contributed by atoms with E-state index < -0.39 is 0 Å². The van der Waals surface area contributed by atoms with Gasteiger partial charge in [0.15, 0.2) is 11.6 Å². The molecule has 2 aliphatic heterocycles. The van der Waals surface area contributed by atoms with Gasteiger partial charge in [0, 0.05) is 33.0 Å². The van der Waals surface area contributed by atoms with Crippen LogP contribution >= 0.6 is 0 Å². The highest BCUT2D eigenvalue weighted by atomic mass is 16.5. The van der Waals surface area contributed by atoms with Crippen molar-refractivity contribution in [3.05, 3.63) is 12.4 Å². The standard InChI is InChI=1S/C15H25N5O/c1-20(2)14-13(17-7-8-18-14)19-10-12-9-15(11-21-12)3-5-16-6-4-15/h7-8,12,16H,3-6,9-11H2,1-2H3,(H,17,19). The van der Waals surface area contributed by atoms with Crippen LogP contribution < -0.4 is 15.5 Å². The van der Waals surface area contributed by atoms with Gasteiger partial charge >= 0.3 is 0 Å². The Morgan fingerprint density at radius 3 is 2.86 bits per heavy atom. The average Bonchev–Trinajstić information content (AvgIpc) is 2.89. The first-order valence-electron chi connectivity index (χ1n) is 7.73. The Kier molecular flexibility index (Phi) is 4.26. The third-order valence-corrected chi connectivity index (χ3v) is 4.55. The highest BCUT2D eigenvalue weighted by Crippen LogP contribution is 2.40. The van der Waals surface area contributed by atoms with Gasteiger partial charge in [-0.3, -0.25) is 0 Å². The minimum atomic E-state index is 0.278. The van der Waals surface area contributed by atoms with Crippen molar-refractivity contribution in [3.8, 4) is 0 Å². The summed E-state index contributed by atoms with van der Waals surface area (Å²) in [6.45, 7) is 3.95. The topological polar surface area (TPSA) is 62.3 Å². The zero-order valence-electron chi connectivity index (χ0n) is 12.9. The Bertz CT molecular complexity index is 473. The van der Waals surface area contributed by atoms with Gasteiger partial charge in [0.25, 0.3) is 0 Å². The van der Waals surface area contributed by atoms with Crippen LogP contribution in [0.3, 0.4) is 0 Å². The number of piperidine rings is 1. The van der Waals surface area contributed by atoms with Crippen molar-refractivity contribution >= 4 is 11.6 Å². The lowest BCUT2D eigenvalue weighted by atomic mass is 9.77. The number of hydrogen-bond acceptors (Lipinski definition) is 6. The summed E-state index contributed by atoms with van der Waals surface area (Å²) in [7, 11) is 3.95. The van der Waals surface area contributed by atoms with Gasteiger partial charge < -0.3 is 20.3 Å².